The molecule has 0 aromatic heterocycles. The first-order valence-corrected chi connectivity index (χ1v) is 4.92. The van der Waals surface area contributed by atoms with Crippen molar-refractivity contribution in [2.45, 2.75) is 24.8 Å². The van der Waals surface area contributed by atoms with Gasteiger partial charge in [-0.25, -0.2) is 0 Å². The maximum absolute atomic E-state index is 3.91. The largest absolute Gasteiger partial charge is 0.291 e. The van der Waals surface area contributed by atoms with Gasteiger partial charge in [0.05, 0.1) is 5.54 Å². The maximum atomic E-state index is 3.91. The van der Waals surface area contributed by atoms with E-state index < -0.39 is 0 Å². The summed E-state index contributed by atoms with van der Waals surface area (Å²) in [5.74, 6) is 0. The van der Waals surface area contributed by atoms with E-state index in [-0.39, 0.29) is 5.54 Å². The topological polar surface area (TPSA) is 3.24 Å². The van der Waals surface area contributed by atoms with E-state index in [4.69, 9.17) is 0 Å². The van der Waals surface area contributed by atoms with Crippen molar-refractivity contribution in [1.29, 1.82) is 0 Å². The number of hydrogen-bond acceptors (Lipinski definition) is 1. The summed E-state index contributed by atoms with van der Waals surface area (Å²) < 4.78 is 0. The Morgan fingerprint density at radius 3 is 2.00 bits per heavy atom. The van der Waals surface area contributed by atoms with Gasteiger partial charge in [-0.15, -0.1) is 19.7 Å². The predicted molar refractivity (Wildman–Crippen MR) is 58.7 cm³/mol. The van der Waals surface area contributed by atoms with E-state index >= 15 is 0 Å². The second-order valence-electron chi connectivity index (χ2n) is 3.59. The van der Waals surface area contributed by atoms with Crippen LogP contribution in [-0.2, 0) is 0 Å². The molecular formula is C12H19N. The zero-order valence-electron chi connectivity index (χ0n) is 8.34. The molecule has 1 fully saturated rings. The van der Waals surface area contributed by atoms with E-state index in [0.717, 1.165) is 19.5 Å². The summed E-state index contributed by atoms with van der Waals surface area (Å²) in [6, 6.07) is 0. The molecule has 1 heteroatoms. The first-order valence-electron chi connectivity index (χ1n) is 4.92. The molecule has 1 rings (SSSR count). The number of rotatable bonds is 5. The standard InChI is InChI=1S/C12H19N/c1-4-9-12(5-2,6-3)13-10-7-8-11-13/h4-6H,1-3,7-11H2. The Kier molecular flexibility index (Phi) is 3.49. The quantitative estimate of drug-likeness (QED) is 0.584. The normalized spacial score (nSPS) is 18.5. The molecule has 0 N–H and O–H groups in total. The molecule has 0 aromatic carbocycles. The number of likely N-dealkylation sites (tertiary alicyclic amines) is 1. The van der Waals surface area contributed by atoms with Crippen LogP contribution >= 0.6 is 0 Å². The zero-order valence-corrected chi connectivity index (χ0v) is 8.34. The van der Waals surface area contributed by atoms with Crippen LogP contribution in [0.5, 0.6) is 0 Å². The molecule has 1 aliphatic heterocycles. The molecule has 0 aromatic rings. The molecule has 1 saturated heterocycles. The molecular weight excluding hydrogens is 158 g/mol. The highest BCUT2D eigenvalue weighted by Crippen LogP contribution is 2.27. The van der Waals surface area contributed by atoms with E-state index in [1.807, 2.05) is 18.2 Å². The average Bonchev–Trinajstić information content (AvgIpc) is 2.68. The lowest BCUT2D eigenvalue weighted by Gasteiger charge is -2.36. The van der Waals surface area contributed by atoms with Gasteiger partial charge in [0.25, 0.3) is 0 Å². The van der Waals surface area contributed by atoms with Gasteiger partial charge < -0.3 is 0 Å². The molecule has 0 unspecified atom stereocenters. The van der Waals surface area contributed by atoms with Crippen LogP contribution < -0.4 is 0 Å². The fraction of sp³-hybridized carbons (Fsp3) is 0.500. The van der Waals surface area contributed by atoms with E-state index in [9.17, 15) is 0 Å². The van der Waals surface area contributed by atoms with Crippen molar-refractivity contribution in [3.8, 4) is 0 Å². The lowest BCUT2D eigenvalue weighted by Crippen LogP contribution is -2.43. The molecule has 0 amide bonds. The Labute approximate surface area is 81.4 Å². The van der Waals surface area contributed by atoms with Crippen molar-refractivity contribution in [1.82, 2.24) is 4.90 Å². The molecule has 13 heavy (non-hydrogen) atoms. The molecule has 0 saturated carbocycles. The first kappa shape index (κ1) is 10.3. The van der Waals surface area contributed by atoms with Crippen LogP contribution in [0.15, 0.2) is 38.0 Å². The minimum atomic E-state index is -0.0434. The molecule has 0 atom stereocenters. The Morgan fingerprint density at radius 2 is 1.62 bits per heavy atom. The van der Waals surface area contributed by atoms with E-state index in [1.54, 1.807) is 0 Å². The van der Waals surface area contributed by atoms with E-state index in [2.05, 4.69) is 24.6 Å². The van der Waals surface area contributed by atoms with E-state index in [1.165, 1.54) is 12.8 Å². The fourth-order valence-electron chi connectivity index (χ4n) is 2.00. The Balaban J connectivity index is 2.79. The van der Waals surface area contributed by atoms with Crippen LogP contribution in [0, 0.1) is 0 Å². The SMILES string of the molecule is C=CCC(C=C)(C=C)N1CCCC1. The van der Waals surface area contributed by atoms with Gasteiger partial charge in [-0.2, -0.15) is 0 Å². The lowest BCUT2D eigenvalue weighted by atomic mass is 9.93. The highest BCUT2D eigenvalue weighted by molar-refractivity contribution is 5.18. The van der Waals surface area contributed by atoms with Crippen LogP contribution in [0.2, 0.25) is 0 Å². The predicted octanol–water partition coefficient (Wildman–Crippen LogP) is 2.77. The van der Waals surface area contributed by atoms with Gasteiger partial charge in [-0.1, -0.05) is 18.2 Å². The summed E-state index contributed by atoms with van der Waals surface area (Å²) in [5, 5.41) is 0. The summed E-state index contributed by atoms with van der Waals surface area (Å²) in [5.41, 5.74) is -0.0434. The summed E-state index contributed by atoms with van der Waals surface area (Å²) >= 11 is 0. The molecule has 1 nitrogen and oxygen atoms in total. The summed E-state index contributed by atoms with van der Waals surface area (Å²) in [6.07, 6.45) is 9.43. The number of nitrogens with zero attached hydrogens (tertiary/aromatic N) is 1. The second-order valence-corrected chi connectivity index (χ2v) is 3.59. The van der Waals surface area contributed by atoms with Crippen LogP contribution in [0.3, 0.4) is 0 Å². The van der Waals surface area contributed by atoms with Crippen molar-refractivity contribution >= 4 is 0 Å². The molecule has 1 heterocycles. The van der Waals surface area contributed by atoms with E-state index in [0.29, 0.717) is 0 Å². The van der Waals surface area contributed by atoms with Gasteiger partial charge in [0.1, 0.15) is 0 Å². The van der Waals surface area contributed by atoms with Crippen molar-refractivity contribution < 1.29 is 0 Å². The monoisotopic (exact) mass is 177 g/mol. The van der Waals surface area contributed by atoms with Crippen molar-refractivity contribution in [3.63, 3.8) is 0 Å². The molecule has 0 aliphatic carbocycles. The average molecular weight is 177 g/mol. The van der Waals surface area contributed by atoms with Crippen molar-refractivity contribution in [3.05, 3.63) is 38.0 Å². The first-order chi connectivity index (χ1) is 6.29. The van der Waals surface area contributed by atoms with Gasteiger partial charge in [-0.05, 0) is 32.4 Å². The van der Waals surface area contributed by atoms with Crippen LogP contribution in [0.1, 0.15) is 19.3 Å². The van der Waals surface area contributed by atoms with Gasteiger partial charge in [0.15, 0.2) is 0 Å². The van der Waals surface area contributed by atoms with Crippen LogP contribution in [0.25, 0.3) is 0 Å². The van der Waals surface area contributed by atoms with Crippen molar-refractivity contribution in [2.75, 3.05) is 13.1 Å². The highest BCUT2D eigenvalue weighted by Gasteiger charge is 2.30. The minimum absolute atomic E-state index is 0.0434. The van der Waals surface area contributed by atoms with Crippen LogP contribution in [-0.4, -0.2) is 23.5 Å². The summed E-state index contributed by atoms with van der Waals surface area (Å²) in [7, 11) is 0. The van der Waals surface area contributed by atoms with Gasteiger partial charge in [0, 0.05) is 0 Å². The summed E-state index contributed by atoms with van der Waals surface area (Å²) in [6.45, 7) is 13.9. The minimum Gasteiger partial charge on any atom is -0.291 e. The zero-order chi connectivity index (χ0) is 9.73. The fourth-order valence-corrected chi connectivity index (χ4v) is 2.00. The molecule has 72 valence electrons. The Hall–Kier alpha value is -0.820. The third-order valence-electron chi connectivity index (χ3n) is 2.87. The molecule has 0 bridgehead atoms. The second kappa shape index (κ2) is 4.43. The Bertz CT molecular complexity index is 191. The Morgan fingerprint density at radius 1 is 1.08 bits per heavy atom. The third-order valence-corrected chi connectivity index (χ3v) is 2.87. The molecule has 0 spiro atoms. The van der Waals surface area contributed by atoms with Crippen molar-refractivity contribution in [2.24, 2.45) is 0 Å². The summed E-state index contributed by atoms with van der Waals surface area (Å²) in [4.78, 5) is 2.44. The smallest absolute Gasteiger partial charge is 0.0604 e. The van der Waals surface area contributed by atoms with Gasteiger partial charge in [0.2, 0.25) is 0 Å². The number of hydrogen-bond donors (Lipinski definition) is 0. The maximum Gasteiger partial charge on any atom is 0.0604 e. The third kappa shape index (κ3) is 1.92. The molecule has 0 radical (unpaired) electrons. The molecule has 1 aliphatic rings. The highest BCUT2D eigenvalue weighted by atomic mass is 15.2. The lowest BCUT2D eigenvalue weighted by molar-refractivity contribution is 0.216. The van der Waals surface area contributed by atoms with Gasteiger partial charge in [-0.3, -0.25) is 4.90 Å². The van der Waals surface area contributed by atoms with Crippen LogP contribution in [0.4, 0.5) is 0 Å². The van der Waals surface area contributed by atoms with Gasteiger partial charge >= 0.3 is 0 Å².